The Balaban J connectivity index is 1.32. The van der Waals surface area contributed by atoms with Crippen molar-refractivity contribution in [2.75, 3.05) is 25.0 Å². The van der Waals surface area contributed by atoms with E-state index >= 15 is 0 Å². The number of aromatic nitrogens is 3. The zero-order chi connectivity index (χ0) is 21.8. The summed E-state index contributed by atoms with van der Waals surface area (Å²) in [7, 11) is 1.70. The van der Waals surface area contributed by atoms with Crippen LogP contribution in [0.25, 0.3) is 5.82 Å². The molecule has 162 valence electrons. The first kappa shape index (κ1) is 20.8. The number of halogens is 2. The maximum atomic E-state index is 14.1. The third-order valence-corrected chi connectivity index (χ3v) is 5.35. The van der Waals surface area contributed by atoms with Crippen molar-refractivity contribution in [2.45, 2.75) is 25.9 Å². The molecule has 1 atom stereocenters. The number of guanidine groups is 1. The number of nitrogens with zero attached hydrogens (tertiary/aromatic N) is 5. The topological polar surface area (TPSA) is 70.4 Å². The number of anilines is 1. The zero-order valence-corrected chi connectivity index (χ0v) is 17.5. The van der Waals surface area contributed by atoms with Gasteiger partial charge in [0.2, 0.25) is 0 Å². The molecule has 1 saturated heterocycles. The van der Waals surface area contributed by atoms with Crippen LogP contribution in [0.1, 0.15) is 17.8 Å². The van der Waals surface area contributed by atoms with E-state index in [4.69, 9.17) is 0 Å². The highest BCUT2D eigenvalue weighted by Crippen LogP contribution is 2.26. The van der Waals surface area contributed by atoms with Gasteiger partial charge in [0.25, 0.3) is 0 Å². The van der Waals surface area contributed by atoms with Gasteiger partial charge in [-0.3, -0.25) is 9.56 Å². The molecule has 1 unspecified atom stereocenters. The Hall–Kier alpha value is -3.49. The Morgan fingerprint density at radius 3 is 2.65 bits per heavy atom. The second kappa shape index (κ2) is 9.11. The van der Waals surface area contributed by atoms with Crippen LogP contribution < -0.4 is 15.5 Å². The number of hydrogen-bond donors (Lipinski definition) is 2. The first-order valence-corrected chi connectivity index (χ1v) is 10.2. The first-order valence-electron chi connectivity index (χ1n) is 10.2. The van der Waals surface area contributed by atoms with Crippen LogP contribution in [0.15, 0.2) is 53.9 Å². The Labute approximate surface area is 179 Å². The van der Waals surface area contributed by atoms with Crippen LogP contribution >= 0.6 is 0 Å². The molecule has 3 aromatic rings. The number of hydrogen-bond acceptors (Lipinski definition) is 4. The molecule has 1 aromatic carbocycles. The Bertz CT molecular complexity index is 1040. The van der Waals surface area contributed by atoms with Crippen LogP contribution in [0.5, 0.6) is 0 Å². The van der Waals surface area contributed by atoms with Crippen molar-refractivity contribution in [3.05, 3.63) is 71.9 Å². The number of aliphatic imine (C=N–C) groups is 1. The molecule has 2 N–H and O–H groups in total. The maximum Gasteiger partial charge on any atom is 0.191 e. The van der Waals surface area contributed by atoms with Gasteiger partial charge >= 0.3 is 0 Å². The third kappa shape index (κ3) is 4.65. The minimum absolute atomic E-state index is 0.0361. The van der Waals surface area contributed by atoms with E-state index in [1.54, 1.807) is 18.1 Å². The summed E-state index contributed by atoms with van der Waals surface area (Å²) in [4.78, 5) is 14.7. The van der Waals surface area contributed by atoms with Crippen molar-refractivity contribution in [3.8, 4) is 5.82 Å². The number of benzene rings is 1. The van der Waals surface area contributed by atoms with Crippen LogP contribution in [0.2, 0.25) is 0 Å². The summed E-state index contributed by atoms with van der Waals surface area (Å²) in [5, 5.41) is 6.60. The number of aryl methyl sites for hydroxylation is 1. The second-order valence-electron chi connectivity index (χ2n) is 7.44. The van der Waals surface area contributed by atoms with Crippen molar-refractivity contribution >= 4 is 11.6 Å². The molecule has 1 aliphatic rings. The standard InChI is InChI=1S/C22H25F2N7/c1-15-26-9-11-31(15)20-7-6-16(12-27-20)13-28-22(25-2)29-17-8-10-30(14-17)21-18(23)4-3-5-19(21)24/h3-7,9,11-12,17H,8,10,13-14H2,1-2H3,(H2,25,28,29). The quantitative estimate of drug-likeness (QED) is 0.486. The van der Waals surface area contributed by atoms with Crippen LogP contribution in [-0.4, -0.2) is 46.7 Å². The molecule has 0 bridgehead atoms. The summed E-state index contributed by atoms with van der Waals surface area (Å²) < 4.78 is 30.0. The molecule has 0 aliphatic carbocycles. The van der Waals surface area contributed by atoms with Gasteiger partial charge in [-0.2, -0.15) is 0 Å². The van der Waals surface area contributed by atoms with Gasteiger partial charge in [0.05, 0.1) is 0 Å². The van der Waals surface area contributed by atoms with Crippen molar-refractivity contribution < 1.29 is 8.78 Å². The molecule has 2 aromatic heterocycles. The van der Waals surface area contributed by atoms with Crippen molar-refractivity contribution in [3.63, 3.8) is 0 Å². The summed E-state index contributed by atoms with van der Waals surface area (Å²) in [5.41, 5.74) is 1.04. The number of rotatable bonds is 5. The summed E-state index contributed by atoms with van der Waals surface area (Å²) in [5.74, 6) is 1.25. The lowest BCUT2D eigenvalue weighted by atomic mass is 10.2. The highest BCUT2D eigenvalue weighted by atomic mass is 19.1. The van der Waals surface area contributed by atoms with Gasteiger partial charge in [-0.05, 0) is 37.1 Å². The van der Waals surface area contributed by atoms with E-state index in [1.807, 2.05) is 36.0 Å². The van der Waals surface area contributed by atoms with Gasteiger partial charge < -0.3 is 15.5 Å². The molecule has 31 heavy (non-hydrogen) atoms. The fourth-order valence-electron chi connectivity index (χ4n) is 3.73. The molecular formula is C22H25F2N7. The monoisotopic (exact) mass is 425 g/mol. The Morgan fingerprint density at radius 2 is 2.00 bits per heavy atom. The molecular weight excluding hydrogens is 400 g/mol. The molecule has 3 heterocycles. The van der Waals surface area contributed by atoms with Crippen LogP contribution in [0, 0.1) is 18.6 Å². The number of nitrogens with one attached hydrogen (secondary N) is 2. The van der Waals surface area contributed by atoms with Crippen molar-refractivity contribution in [1.82, 2.24) is 25.2 Å². The summed E-state index contributed by atoms with van der Waals surface area (Å²) in [6.45, 7) is 3.55. The van der Waals surface area contributed by atoms with E-state index in [1.165, 1.54) is 18.2 Å². The highest BCUT2D eigenvalue weighted by Gasteiger charge is 2.27. The Morgan fingerprint density at radius 1 is 1.19 bits per heavy atom. The molecule has 1 aliphatic heterocycles. The number of pyridine rings is 1. The molecule has 1 fully saturated rings. The number of imidazole rings is 1. The summed E-state index contributed by atoms with van der Waals surface area (Å²) in [6.07, 6.45) is 6.19. The predicted octanol–water partition coefficient (Wildman–Crippen LogP) is 2.80. The van der Waals surface area contributed by atoms with E-state index in [9.17, 15) is 8.78 Å². The molecule has 0 radical (unpaired) electrons. The lowest BCUT2D eigenvalue weighted by molar-refractivity contribution is 0.576. The van der Waals surface area contributed by atoms with Crippen molar-refractivity contribution in [2.24, 2.45) is 4.99 Å². The van der Waals surface area contributed by atoms with Gasteiger partial charge in [0.1, 0.15) is 29.0 Å². The lowest BCUT2D eigenvalue weighted by Crippen LogP contribution is -2.44. The van der Waals surface area contributed by atoms with E-state index in [0.29, 0.717) is 25.6 Å². The van der Waals surface area contributed by atoms with Gasteiger partial charge in [0.15, 0.2) is 5.96 Å². The molecule has 0 saturated carbocycles. The second-order valence-corrected chi connectivity index (χ2v) is 7.44. The predicted molar refractivity (Wildman–Crippen MR) is 116 cm³/mol. The lowest BCUT2D eigenvalue weighted by Gasteiger charge is -2.21. The number of para-hydroxylation sites is 1. The maximum absolute atomic E-state index is 14.1. The normalized spacial score (nSPS) is 16.6. The average Bonchev–Trinajstić information content (AvgIpc) is 3.40. The SMILES string of the molecule is CN=C(NCc1ccc(-n2ccnc2C)nc1)NC1CCN(c2c(F)cccc2F)C1. The van der Waals surface area contributed by atoms with E-state index in [0.717, 1.165) is 23.6 Å². The molecule has 7 nitrogen and oxygen atoms in total. The van der Waals surface area contributed by atoms with Crippen LogP contribution in [0.4, 0.5) is 14.5 Å². The Kier molecular flexibility index (Phi) is 6.11. The van der Waals surface area contributed by atoms with Gasteiger partial charge in [-0.15, -0.1) is 0 Å². The van der Waals surface area contributed by atoms with E-state index < -0.39 is 11.6 Å². The fourth-order valence-corrected chi connectivity index (χ4v) is 3.73. The molecule has 0 amide bonds. The molecule has 0 spiro atoms. The van der Waals surface area contributed by atoms with Gasteiger partial charge in [-0.25, -0.2) is 18.7 Å². The fraction of sp³-hybridized carbons (Fsp3) is 0.318. The van der Waals surface area contributed by atoms with Gasteiger partial charge in [0, 0.05) is 51.3 Å². The van der Waals surface area contributed by atoms with E-state index in [-0.39, 0.29) is 11.7 Å². The average molecular weight is 425 g/mol. The van der Waals surface area contributed by atoms with Crippen molar-refractivity contribution in [1.29, 1.82) is 0 Å². The smallest absolute Gasteiger partial charge is 0.191 e. The zero-order valence-electron chi connectivity index (χ0n) is 17.5. The van der Waals surface area contributed by atoms with Crippen LogP contribution in [-0.2, 0) is 6.54 Å². The van der Waals surface area contributed by atoms with E-state index in [2.05, 4.69) is 25.6 Å². The summed E-state index contributed by atoms with van der Waals surface area (Å²) >= 11 is 0. The minimum Gasteiger partial charge on any atom is -0.365 e. The molecule has 9 heteroatoms. The minimum atomic E-state index is -0.537. The largest absolute Gasteiger partial charge is 0.365 e. The molecule has 4 rings (SSSR count). The first-order chi connectivity index (χ1) is 15.0. The van der Waals surface area contributed by atoms with Gasteiger partial charge in [-0.1, -0.05) is 12.1 Å². The summed E-state index contributed by atoms with van der Waals surface area (Å²) in [6, 6.07) is 7.93. The highest BCUT2D eigenvalue weighted by molar-refractivity contribution is 5.80. The third-order valence-electron chi connectivity index (χ3n) is 5.35. The van der Waals surface area contributed by atoms with Crippen LogP contribution in [0.3, 0.4) is 0 Å².